The van der Waals surface area contributed by atoms with E-state index in [0.29, 0.717) is 12.0 Å². The van der Waals surface area contributed by atoms with E-state index in [1.165, 1.54) is 17.5 Å². The number of likely N-dealkylation sites (tertiary alicyclic amines) is 1. The Hall–Kier alpha value is -1.97. The van der Waals surface area contributed by atoms with Gasteiger partial charge in [-0.25, -0.2) is 0 Å². The maximum absolute atomic E-state index is 4.31. The molecule has 0 spiro atoms. The van der Waals surface area contributed by atoms with Crippen LogP contribution in [0.4, 0.5) is 0 Å². The Kier molecular flexibility index (Phi) is 5.78. The smallest absolute Gasteiger partial charge is 0.0401 e. The molecule has 0 saturated carbocycles. The minimum Gasteiger partial charge on any atom is -0.302 e. The topological polar surface area (TPSA) is 19.4 Å². The standard InChI is InChI=1S/C21H27N3/c1-23(14-7-10-18-8-4-3-5-9-18)17-20-12-15-24(2)21(20)19-11-6-13-22-16-19/h3-11,13,16,20-21H,12,14-15,17H2,1-2H3/b10-7+/t20-,21-/m0/s1. The number of pyridine rings is 1. The number of rotatable bonds is 6. The van der Waals surface area contributed by atoms with E-state index < -0.39 is 0 Å². The van der Waals surface area contributed by atoms with Crippen molar-refractivity contribution in [3.05, 3.63) is 72.1 Å². The van der Waals surface area contributed by atoms with Crippen molar-refractivity contribution in [3.63, 3.8) is 0 Å². The highest BCUT2D eigenvalue weighted by Gasteiger charge is 2.33. The average molecular weight is 321 g/mol. The van der Waals surface area contributed by atoms with Gasteiger partial charge in [-0.3, -0.25) is 9.88 Å². The number of benzene rings is 1. The predicted octanol–water partition coefficient (Wildman–Crippen LogP) is 3.72. The fourth-order valence-corrected chi connectivity index (χ4v) is 3.70. The Bertz CT molecular complexity index is 639. The molecule has 3 rings (SSSR count). The highest BCUT2D eigenvalue weighted by molar-refractivity contribution is 5.48. The summed E-state index contributed by atoms with van der Waals surface area (Å²) < 4.78 is 0. The zero-order valence-corrected chi connectivity index (χ0v) is 14.7. The summed E-state index contributed by atoms with van der Waals surface area (Å²) in [5.41, 5.74) is 2.61. The van der Waals surface area contributed by atoms with Gasteiger partial charge in [-0.15, -0.1) is 0 Å². The average Bonchev–Trinajstić information content (AvgIpc) is 2.97. The van der Waals surface area contributed by atoms with Gasteiger partial charge in [0.25, 0.3) is 0 Å². The molecule has 1 aliphatic rings. The minimum atomic E-state index is 0.485. The molecule has 3 nitrogen and oxygen atoms in total. The Morgan fingerprint density at radius 2 is 2.04 bits per heavy atom. The second-order valence-corrected chi connectivity index (χ2v) is 6.79. The van der Waals surface area contributed by atoms with Crippen molar-refractivity contribution in [2.45, 2.75) is 12.5 Å². The summed E-state index contributed by atoms with van der Waals surface area (Å²) in [6.07, 6.45) is 9.59. The summed E-state index contributed by atoms with van der Waals surface area (Å²) in [6, 6.07) is 15.2. The van der Waals surface area contributed by atoms with Crippen molar-refractivity contribution in [2.24, 2.45) is 5.92 Å². The summed E-state index contributed by atoms with van der Waals surface area (Å²) in [7, 11) is 4.45. The van der Waals surface area contributed by atoms with Crippen LogP contribution in [0, 0.1) is 5.92 Å². The maximum Gasteiger partial charge on any atom is 0.0401 e. The quantitative estimate of drug-likeness (QED) is 0.808. The second-order valence-electron chi connectivity index (χ2n) is 6.79. The van der Waals surface area contributed by atoms with E-state index in [0.717, 1.165) is 19.6 Å². The summed E-state index contributed by atoms with van der Waals surface area (Å²) >= 11 is 0. The van der Waals surface area contributed by atoms with Gasteiger partial charge in [0.15, 0.2) is 0 Å². The second kappa shape index (κ2) is 8.22. The normalized spacial score (nSPS) is 21.8. The van der Waals surface area contributed by atoms with Gasteiger partial charge in [-0.2, -0.15) is 0 Å². The molecule has 3 heteroatoms. The van der Waals surface area contributed by atoms with Crippen LogP contribution in [-0.2, 0) is 0 Å². The van der Waals surface area contributed by atoms with Gasteiger partial charge >= 0.3 is 0 Å². The molecule has 126 valence electrons. The van der Waals surface area contributed by atoms with Crippen LogP contribution >= 0.6 is 0 Å². The molecule has 1 aromatic heterocycles. The molecule has 1 aromatic carbocycles. The van der Waals surface area contributed by atoms with E-state index in [1.807, 2.05) is 18.5 Å². The lowest BCUT2D eigenvalue weighted by atomic mass is 9.94. The van der Waals surface area contributed by atoms with Crippen LogP contribution in [-0.4, -0.2) is 48.5 Å². The third-order valence-corrected chi connectivity index (χ3v) is 4.87. The van der Waals surface area contributed by atoms with Crippen molar-refractivity contribution in [1.82, 2.24) is 14.8 Å². The van der Waals surface area contributed by atoms with Crippen molar-refractivity contribution in [2.75, 3.05) is 33.7 Å². The predicted molar refractivity (Wildman–Crippen MR) is 101 cm³/mol. The van der Waals surface area contributed by atoms with Gasteiger partial charge in [0.1, 0.15) is 0 Å². The molecule has 1 aliphatic heterocycles. The fraction of sp³-hybridized carbons (Fsp3) is 0.381. The van der Waals surface area contributed by atoms with Gasteiger partial charge in [0.05, 0.1) is 0 Å². The monoisotopic (exact) mass is 321 g/mol. The largest absolute Gasteiger partial charge is 0.302 e. The molecule has 2 aromatic rings. The zero-order chi connectivity index (χ0) is 16.8. The molecule has 0 N–H and O–H groups in total. The van der Waals surface area contributed by atoms with Gasteiger partial charge < -0.3 is 4.90 Å². The summed E-state index contributed by atoms with van der Waals surface area (Å²) in [4.78, 5) is 9.20. The van der Waals surface area contributed by atoms with E-state index in [-0.39, 0.29) is 0 Å². The van der Waals surface area contributed by atoms with Crippen molar-refractivity contribution in [3.8, 4) is 0 Å². The molecular weight excluding hydrogens is 294 g/mol. The SMILES string of the molecule is CN(C/C=C/c1ccccc1)C[C@@H]1CCN(C)[C@H]1c1cccnc1. The first-order chi connectivity index (χ1) is 11.7. The molecule has 0 bridgehead atoms. The van der Waals surface area contributed by atoms with E-state index in [2.05, 4.69) is 77.4 Å². The molecule has 1 saturated heterocycles. The first kappa shape index (κ1) is 16.9. The maximum atomic E-state index is 4.31. The lowest BCUT2D eigenvalue weighted by Gasteiger charge is -2.28. The highest BCUT2D eigenvalue weighted by Crippen LogP contribution is 2.35. The van der Waals surface area contributed by atoms with Crippen LogP contribution in [0.3, 0.4) is 0 Å². The molecule has 1 fully saturated rings. The van der Waals surface area contributed by atoms with Gasteiger partial charge in [-0.05, 0) is 50.2 Å². The summed E-state index contributed by atoms with van der Waals surface area (Å²) in [6.45, 7) is 3.26. The first-order valence-electron chi connectivity index (χ1n) is 8.74. The van der Waals surface area contributed by atoms with Crippen LogP contribution in [0.5, 0.6) is 0 Å². The van der Waals surface area contributed by atoms with Gasteiger partial charge in [-0.1, -0.05) is 48.6 Å². The molecule has 24 heavy (non-hydrogen) atoms. The Morgan fingerprint density at radius 1 is 1.21 bits per heavy atom. The van der Waals surface area contributed by atoms with Crippen molar-refractivity contribution >= 4 is 6.08 Å². The van der Waals surface area contributed by atoms with E-state index in [1.54, 1.807) is 0 Å². The van der Waals surface area contributed by atoms with Crippen LogP contribution in [0.25, 0.3) is 6.08 Å². The minimum absolute atomic E-state index is 0.485. The van der Waals surface area contributed by atoms with E-state index >= 15 is 0 Å². The van der Waals surface area contributed by atoms with Crippen molar-refractivity contribution in [1.29, 1.82) is 0 Å². The molecule has 2 heterocycles. The van der Waals surface area contributed by atoms with Crippen LogP contribution in [0.2, 0.25) is 0 Å². The van der Waals surface area contributed by atoms with E-state index in [9.17, 15) is 0 Å². The molecule has 0 radical (unpaired) electrons. The molecule has 0 unspecified atom stereocenters. The first-order valence-corrected chi connectivity index (χ1v) is 8.74. The number of hydrogen-bond acceptors (Lipinski definition) is 3. The van der Waals surface area contributed by atoms with Gasteiger partial charge in [0, 0.05) is 31.5 Å². The molecule has 2 atom stereocenters. The highest BCUT2D eigenvalue weighted by atomic mass is 15.2. The molecule has 0 aliphatic carbocycles. The summed E-state index contributed by atoms with van der Waals surface area (Å²) in [5, 5.41) is 0. The molecule has 0 amide bonds. The fourth-order valence-electron chi connectivity index (χ4n) is 3.70. The third kappa shape index (κ3) is 4.31. The number of aromatic nitrogens is 1. The zero-order valence-electron chi connectivity index (χ0n) is 14.7. The molecular formula is C21H27N3. The van der Waals surface area contributed by atoms with Crippen LogP contribution in [0.15, 0.2) is 60.9 Å². The van der Waals surface area contributed by atoms with Crippen LogP contribution in [0.1, 0.15) is 23.6 Å². The number of nitrogens with zero attached hydrogens (tertiary/aromatic N) is 3. The third-order valence-electron chi connectivity index (χ3n) is 4.87. The lowest BCUT2D eigenvalue weighted by Crippen LogP contribution is -2.30. The Labute approximate surface area is 145 Å². The lowest BCUT2D eigenvalue weighted by molar-refractivity contribution is 0.228. The number of likely N-dealkylation sites (N-methyl/N-ethyl adjacent to an activating group) is 1. The van der Waals surface area contributed by atoms with Gasteiger partial charge in [0.2, 0.25) is 0 Å². The van der Waals surface area contributed by atoms with E-state index in [4.69, 9.17) is 0 Å². The Balaban J connectivity index is 1.57. The number of hydrogen-bond donors (Lipinski definition) is 0. The van der Waals surface area contributed by atoms with Crippen molar-refractivity contribution < 1.29 is 0 Å². The Morgan fingerprint density at radius 3 is 2.79 bits per heavy atom. The van der Waals surface area contributed by atoms with Crippen LogP contribution < -0.4 is 0 Å². The summed E-state index contributed by atoms with van der Waals surface area (Å²) in [5.74, 6) is 0.661.